The van der Waals surface area contributed by atoms with Gasteiger partial charge in [0.2, 0.25) is 5.91 Å². The molecule has 1 aromatic heterocycles. The van der Waals surface area contributed by atoms with Crippen LogP contribution in [-0.4, -0.2) is 51.8 Å². The Balaban J connectivity index is 1.59. The van der Waals surface area contributed by atoms with Crippen molar-refractivity contribution in [2.45, 2.75) is 89.9 Å². The summed E-state index contributed by atoms with van der Waals surface area (Å²) in [6, 6.07) is 1.08. The molecule has 1 heterocycles. The number of rotatable bonds is 7. The van der Waals surface area contributed by atoms with Gasteiger partial charge >= 0.3 is 5.97 Å². The predicted octanol–water partition coefficient (Wildman–Crippen LogP) is 4.37. The largest absolute Gasteiger partial charge is 0.461 e. The van der Waals surface area contributed by atoms with Crippen molar-refractivity contribution in [3.63, 3.8) is 0 Å². The van der Waals surface area contributed by atoms with E-state index < -0.39 is 29.1 Å². The molecule has 0 radical (unpaired) electrons. The minimum atomic E-state index is -0.697. The number of ether oxygens (including phenoxy) is 1. The second-order valence-corrected chi connectivity index (χ2v) is 13.6. The lowest BCUT2D eigenvalue weighted by atomic mass is 9.44. The number of esters is 1. The molecule has 2 bridgehead atoms. The normalized spacial score (nSPS) is 38.6. The number of aromatic nitrogens is 1. The van der Waals surface area contributed by atoms with Gasteiger partial charge in [-0.1, -0.05) is 33.8 Å². The standard InChI is InChI=1S/C30H43N3O5S/c1-7-28(5)13-23(38-24(35)16-39-21-12-20(14-32-15-21)33-27(37)19(4)31)29(6)17(2)8-10-30(18(3)26(28)36)11-9-22(34)25(29)30/h7,12,14-15,17-19,23,25-26,36H,1,8-11,13,16,31H2,2-6H3,(H,33,37)/t17-,18+,19+,23-,25+,26+,28-,29+,30+/m1/s1. The van der Waals surface area contributed by atoms with Crippen molar-refractivity contribution in [1.82, 2.24) is 4.98 Å². The summed E-state index contributed by atoms with van der Waals surface area (Å²) >= 11 is 1.27. The van der Waals surface area contributed by atoms with Gasteiger partial charge in [0.1, 0.15) is 11.9 Å². The SMILES string of the molecule is C=C[C@]1(C)C[C@@H](OC(=O)CSc2cncc(NC(=O)[C@H](C)N)c2)[C@]2(C)[C@H](C)CC[C@]3(CCC(=O)[C@H]32)[C@@H](C)[C@@H]1O. The van der Waals surface area contributed by atoms with Crippen LogP contribution in [0.3, 0.4) is 0 Å². The van der Waals surface area contributed by atoms with Crippen molar-refractivity contribution in [2.75, 3.05) is 11.1 Å². The Morgan fingerprint density at radius 1 is 1.33 bits per heavy atom. The van der Waals surface area contributed by atoms with Gasteiger partial charge in [0.25, 0.3) is 0 Å². The summed E-state index contributed by atoms with van der Waals surface area (Å²) in [7, 11) is 0. The van der Waals surface area contributed by atoms with Gasteiger partial charge in [-0.25, -0.2) is 0 Å². The van der Waals surface area contributed by atoms with E-state index >= 15 is 0 Å². The summed E-state index contributed by atoms with van der Waals surface area (Å²) in [5, 5.41) is 14.4. The molecule has 8 nitrogen and oxygen atoms in total. The highest BCUT2D eigenvalue weighted by Gasteiger charge is 2.68. The molecule has 9 atom stereocenters. The van der Waals surface area contributed by atoms with E-state index in [9.17, 15) is 19.5 Å². The van der Waals surface area contributed by atoms with Gasteiger partial charge in [-0.15, -0.1) is 18.3 Å². The molecular formula is C30H43N3O5S. The molecule has 9 heteroatoms. The van der Waals surface area contributed by atoms with Crippen molar-refractivity contribution in [1.29, 1.82) is 0 Å². The zero-order valence-corrected chi connectivity index (χ0v) is 24.6. The number of nitrogens with zero attached hydrogens (tertiary/aromatic N) is 1. The van der Waals surface area contributed by atoms with Crippen LogP contribution >= 0.6 is 11.8 Å². The van der Waals surface area contributed by atoms with E-state index in [0.29, 0.717) is 23.4 Å². The number of aliphatic hydroxyl groups excluding tert-OH is 1. The average molecular weight is 558 g/mol. The van der Waals surface area contributed by atoms with Crippen molar-refractivity contribution >= 4 is 35.1 Å². The zero-order valence-electron chi connectivity index (χ0n) is 23.7. The number of ketones is 1. The van der Waals surface area contributed by atoms with Crippen molar-refractivity contribution in [2.24, 2.45) is 39.7 Å². The number of nitrogens with two attached hydrogens (primary N) is 1. The van der Waals surface area contributed by atoms with Gasteiger partial charge < -0.3 is 20.9 Å². The first kappa shape index (κ1) is 29.7. The topological polar surface area (TPSA) is 132 Å². The third-order valence-corrected chi connectivity index (χ3v) is 11.3. The molecule has 1 aromatic rings. The van der Waals surface area contributed by atoms with Gasteiger partial charge in [-0.3, -0.25) is 19.4 Å². The van der Waals surface area contributed by atoms with Crippen LogP contribution in [0.25, 0.3) is 0 Å². The molecule has 0 saturated heterocycles. The van der Waals surface area contributed by atoms with E-state index in [1.165, 1.54) is 18.0 Å². The van der Waals surface area contributed by atoms with Crippen molar-refractivity contribution in [3.8, 4) is 0 Å². The summed E-state index contributed by atoms with van der Waals surface area (Å²) in [5.74, 6) is -0.588. The molecule has 0 unspecified atom stereocenters. The monoisotopic (exact) mass is 557 g/mol. The summed E-state index contributed by atoms with van der Waals surface area (Å²) in [5.41, 5.74) is 4.61. The van der Waals surface area contributed by atoms with Crippen LogP contribution in [0.2, 0.25) is 0 Å². The fourth-order valence-corrected chi connectivity index (χ4v) is 8.36. The van der Waals surface area contributed by atoms with E-state index in [1.807, 2.05) is 6.92 Å². The van der Waals surface area contributed by atoms with Crippen LogP contribution in [0.1, 0.15) is 66.7 Å². The lowest BCUT2D eigenvalue weighted by Gasteiger charge is -2.61. The summed E-state index contributed by atoms with van der Waals surface area (Å²) < 4.78 is 6.29. The maximum absolute atomic E-state index is 13.5. The number of thioether (sulfide) groups is 1. The van der Waals surface area contributed by atoms with E-state index in [1.54, 1.807) is 25.3 Å². The second-order valence-electron chi connectivity index (χ2n) is 12.5. The Hall–Kier alpha value is -2.23. The third-order valence-electron chi connectivity index (χ3n) is 10.3. The Bertz CT molecular complexity index is 1140. The molecule has 0 aromatic carbocycles. The first-order valence-electron chi connectivity index (χ1n) is 14.0. The van der Waals surface area contributed by atoms with Crippen molar-refractivity contribution in [3.05, 3.63) is 31.1 Å². The number of Topliss-reactive ketones (excluding diaryl/α,β-unsaturated/α-hetero) is 1. The number of hydrogen-bond donors (Lipinski definition) is 3. The van der Waals surface area contributed by atoms with Crippen LogP contribution in [0.15, 0.2) is 36.0 Å². The quantitative estimate of drug-likeness (QED) is 0.256. The summed E-state index contributed by atoms with van der Waals surface area (Å²) in [4.78, 5) is 43.7. The fourth-order valence-electron chi connectivity index (χ4n) is 7.66. The van der Waals surface area contributed by atoms with E-state index in [-0.39, 0.29) is 46.6 Å². The second kappa shape index (κ2) is 11.0. The number of hydrogen-bond acceptors (Lipinski definition) is 8. The average Bonchev–Trinajstić information content (AvgIpc) is 3.26. The lowest BCUT2D eigenvalue weighted by molar-refractivity contribution is -0.205. The van der Waals surface area contributed by atoms with Crippen LogP contribution in [0, 0.1) is 34.0 Å². The molecule has 3 saturated carbocycles. The molecule has 39 heavy (non-hydrogen) atoms. The molecule has 214 valence electrons. The summed E-state index contributed by atoms with van der Waals surface area (Å²) in [6.07, 6.45) is 7.20. The molecule has 3 aliphatic rings. The maximum Gasteiger partial charge on any atom is 0.316 e. The third kappa shape index (κ3) is 5.18. The number of nitrogens with one attached hydrogen (secondary N) is 1. The van der Waals surface area contributed by atoms with Crippen LogP contribution in [-0.2, 0) is 19.1 Å². The smallest absolute Gasteiger partial charge is 0.316 e. The van der Waals surface area contributed by atoms with Gasteiger partial charge in [0.05, 0.1) is 29.8 Å². The number of anilines is 1. The highest BCUT2D eigenvalue weighted by Crippen LogP contribution is 2.68. The molecule has 0 aliphatic heterocycles. The van der Waals surface area contributed by atoms with Crippen LogP contribution < -0.4 is 11.1 Å². The van der Waals surface area contributed by atoms with Crippen LogP contribution in [0.5, 0.6) is 0 Å². The Morgan fingerprint density at radius 3 is 2.72 bits per heavy atom. The molecular weight excluding hydrogens is 514 g/mol. The Kier molecular flexibility index (Phi) is 8.37. The molecule has 0 spiro atoms. The van der Waals surface area contributed by atoms with Crippen molar-refractivity contribution < 1.29 is 24.2 Å². The van der Waals surface area contributed by atoms with Gasteiger partial charge in [0.15, 0.2) is 0 Å². The number of carbonyl (C=O) groups excluding carboxylic acids is 3. The van der Waals surface area contributed by atoms with E-state index in [4.69, 9.17) is 10.5 Å². The molecule has 4 N–H and O–H groups in total. The van der Waals surface area contributed by atoms with Crippen LogP contribution in [0.4, 0.5) is 5.69 Å². The fraction of sp³-hybridized carbons (Fsp3) is 0.667. The molecule has 3 fully saturated rings. The predicted molar refractivity (Wildman–Crippen MR) is 152 cm³/mol. The Labute approximate surface area is 235 Å². The Morgan fingerprint density at radius 2 is 2.05 bits per heavy atom. The minimum absolute atomic E-state index is 0.0425. The van der Waals surface area contributed by atoms with Gasteiger partial charge in [0, 0.05) is 34.3 Å². The first-order chi connectivity index (χ1) is 18.3. The highest BCUT2D eigenvalue weighted by atomic mass is 32.2. The minimum Gasteiger partial charge on any atom is -0.461 e. The van der Waals surface area contributed by atoms with Gasteiger partial charge in [-0.05, 0) is 55.9 Å². The first-order valence-corrected chi connectivity index (χ1v) is 14.9. The highest BCUT2D eigenvalue weighted by molar-refractivity contribution is 8.00. The number of carbonyl (C=O) groups is 3. The zero-order chi connectivity index (χ0) is 28.8. The van der Waals surface area contributed by atoms with E-state index in [0.717, 1.165) is 19.3 Å². The number of aliphatic hydroxyl groups is 1. The maximum atomic E-state index is 13.5. The van der Waals surface area contributed by atoms with Gasteiger partial charge in [-0.2, -0.15) is 0 Å². The lowest BCUT2D eigenvalue weighted by Crippen LogP contribution is -2.63. The van der Waals surface area contributed by atoms with E-state index in [2.05, 4.69) is 37.7 Å². The number of amides is 1. The molecule has 1 amide bonds. The number of pyridine rings is 1. The molecule has 3 aliphatic carbocycles. The summed E-state index contributed by atoms with van der Waals surface area (Å²) in [6.45, 7) is 14.0. The molecule has 4 rings (SSSR count).